The molecule has 0 aliphatic carbocycles. The highest BCUT2D eigenvalue weighted by Crippen LogP contribution is 2.15. The number of halogens is 1. The van der Waals surface area contributed by atoms with Gasteiger partial charge in [0.2, 0.25) is 5.91 Å². The van der Waals surface area contributed by atoms with E-state index >= 15 is 0 Å². The average molecular weight is 347 g/mol. The number of nitrogens with zero attached hydrogens (tertiary/aromatic N) is 6. The van der Waals surface area contributed by atoms with Gasteiger partial charge in [-0.2, -0.15) is 4.68 Å². The average Bonchev–Trinajstić information content (AvgIpc) is 3.04. The predicted molar refractivity (Wildman–Crippen MR) is 90.8 cm³/mol. The van der Waals surface area contributed by atoms with Crippen molar-refractivity contribution in [2.45, 2.75) is 13.5 Å². The van der Waals surface area contributed by atoms with Gasteiger partial charge in [-0.25, -0.2) is 0 Å². The van der Waals surface area contributed by atoms with Gasteiger partial charge in [0.05, 0.1) is 12.2 Å². The van der Waals surface area contributed by atoms with Crippen LogP contribution in [-0.2, 0) is 11.3 Å². The van der Waals surface area contributed by atoms with Crippen LogP contribution in [0.1, 0.15) is 12.7 Å². The van der Waals surface area contributed by atoms with Crippen molar-refractivity contribution in [3.05, 3.63) is 47.3 Å². The predicted octanol–water partition coefficient (Wildman–Crippen LogP) is 1.54. The highest BCUT2D eigenvalue weighted by molar-refractivity contribution is 6.30. The van der Waals surface area contributed by atoms with Gasteiger partial charge in [-0.1, -0.05) is 17.7 Å². The number of hydrogen-bond donors (Lipinski definition) is 0. The Kier molecular flexibility index (Phi) is 5.22. The van der Waals surface area contributed by atoms with Crippen molar-refractivity contribution in [1.29, 1.82) is 0 Å². The monoisotopic (exact) mass is 346 g/mol. The van der Waals surface area contributed by atoms with Crippen LogP contribution in [0, 0.1) is 0 Å². The molecule has 0 N–H and O–H groups in total. The maximum Gasteiger partial charge on any atom is 0.246 e. The molecular weight excluding hydrogens is 328 g/mol. The summed E-state index contributed by atoms with van der Waals surface area (Å²) >= 11 is 5.92. The molecule has 0 bridgehead atoms. The third-order valence-electron chi connectivity index (χ3n) is 3.96. The van der Waals surface area contributed by atoms with Crippen molar-refractivity contribution in [2.75, 3.05) is 26.2 Å². The minimum atomic E-state index is 0.0724. The van der Waals surface area contributed by atoms with E-state index in [-0.39, 0.29) is 5.91 Å². The topological polar surface area (TPSA) is 67.2 Å². The number of benzene rings is 1. The second-order valence-electron chi connectivity index (χ2n) is 5.58. The van der Waals surface area contributed by atoms with Crippen molar-refractivity contribution < 1.29 is 4.79 Å². The Morgan fingerprint density at radius 2 is 1.92 bits per heavy atom. The van der Waals surface area contributed by atoms with Gasteiger partial charge in [-0.3, -0.25) is 9.69 Å². The summed E-state index contributed by atoms with van der Waals surface area (Å²) in [7, 11) is 0. The van der Waals surface area contributed by atoms with Crippen LogP contribution in [0.4, 0.5) is 0 Å². The number of piperazine rings is 1. The number of hydrogen-bond acceptors (Lipinski definition) is 5. The van der Waals surface area contributed by atoms with Crippen LogP contribution in [0.25, 0.3) is 5.69 Å². The number of amides is 1. The van der Waals surface area contributed by atoms with E-state index in [1.54, 1.807) is 16.8 Å². The Morgan fingerprint density at radius 1 is 1.21 bits per heavy atom. The zero-order valence-electron chi connectivity index (χ0n) is 13.5. The summed E-state index contributed by atoms with van der Waals surface area (Å²) < 4.78 is 1.72. The van der Waals surface area contributed by atoms with E-state index in [2.05, 4.69) is 20.4 Å². The van der Waals surface area contributed by atoms with Gasteiger partial charge in [0.1, 0.15) is 0 Å². The van der Waals surface area contributed by atoms with Crippen molar-refractivity contribution >= 4 is 17.5 Å². The summed E-state index contributed by atoms with van der Waals surface area (Å²) in [6, 6.07) is 7.40. The van der Waals surface area contributed by atoms with Crippen LogP contribution < -0.4 is 0 Å². The van der Waals surface area contributed by atoms with E-state index in [0.717, 1.165) is 24.6 Å². The molecule has 3 rings (SSSR count). The number of carbonyl (C=O) groups is 1. The summed E-state index contributed by atoms with van der Waals surface area (Å²) in [6.45, 7) is 5.52. The van der Waals surface area contributed by atoms with Crippen LogP contribution >= 0.6 is 11.6 Å². The quantitative estimate of drug-likeness (QED) is 0.785. The Labute approximate surface area is 145 Å². The molecule has 0 spiro atoms. The summed E-state index contributed by atoms with van der Waals surface area (Å²) in [5.74, 6) is 0.841. The molecule has 0 radical (unpaired) electrons. The van der Waals surface area contributed by atoms with E-state index in [1.807, 2.05) is 36.1 Å². The molecule has 1 aromatic heterocycles. The first-order valence-corrected chi connectivity index (χ1v) is 8.22. The molecule has 8 heteroatoms. The molecule has 1 aliphatic rings. The molecule has 2 heterocycles. The molecule has 0 saturated carbocycles. The first kappa shape index (κ1) is 16.6. The lowest BCUT2D eigenvalue weighted by Gasteiger charge is -2.33. The van der Waals surface area contributed by atoms with Crippen molar-refractivity contribution in [1.82, 2.24) is 30.0 Å². The van der Waals surface area contributed by atoms with E-state index in [1.165, 1.54) is 0 Å². The van der Waals surface area contributed by atoms with Gasteiger partial charge in [0.25, 0.3) is 0 Å². The zero-order chi connectivity index (χ0) is 16.9. The first-order valence-electron chi connectivity index (χ1n) is 7.84. The van der Waals surface area contributed by atoms with Crippen LogP contribution in [-0.4, -0.2) is 62.1 Å². The molecule has 7 nitrogen and oxygen atoms in total. The SMILES string of the molecule is C/C=C/C(=O)N1CCN(Cc2nnnn2-c2ccc(Cl)cc2)CC1. The Bertz CT molecular complexity index is 718. The Hall–Kier alpha value is -2.25. The largest absolute Gasteiger partial charge is 0.337 e. The number of tetrazole rings is 1. The van der Waals surface area contributed by atoms with Gasteiger partial charge in [-0.15, -0.1) is 5.10 Å². The first-order chi connectivity index (χ1) is 11.7. The zero-order valence-corrected chi connectivity index (χ0v) is 14.2. The minimum absolute atomic E-state index is 0.0724. The smallest absolute Gasteiger partial charge is 0.246 e. The van der Waals surface area contributed by atoms with Crippen molar-refractivity contribution in [2.24, 2.45) is 0 Å². The molecule has 1 aromatic carbocycles. The fourth-order valence-corrected chi connectivity index (χ4v) is 2.79. The van der Waals surface area contributed by atoms with Gasteiger partial charge >= 0.3 is 0 Å². The molecule has 24 heavy (non-hydrogen) atoms. The lowest BCUT2D eigenvalue weighted by Crippen LogP contribution is -2.48. The summed E-state index contributed by atoms with van der Waals surface area (Å²) in [5.41, 5.74) is 0.876. The van der Waals surface area contributed by atoms with Crippen LogP contribution in [0.15, 0.2) is 36.4 Å². The highest BCUT2D eigenvalue weighted by atomic mass is 35.5. The normalized spacial score (nSPS) is 16.0. The van der Waals surface area contributed by atoms with Crippen LogP contribution in [0.5, 0.6) is 0 Å². The molecular formula is C16H19ClN6O. The van der Waals surface area contributed by atoms with E-state index in [9.17, 15) is 4.79 Å². The summed E-state index contributed by atoms with van der Waals surface area (Å²) in [5, 5.41) is 12.6. The Morgan fingerprint density at radius 3 is 2.58 bits per heavy atom. The molecule has 1 aliphatic heterocycles. The van der Waals surface area contributed by atoms with Crippen LogP contribution in [0.2, 0.25) is 5.02 Å². The molecule has 126 valence electrons. The lowest BCUT2D eigenvalue weighted by atomic mass is 10.3. The van der Waals surface area contributed by atoms with Gasteiger partial charge in [0, 0.05) is 31.2 Å². The third-order valence-corrected chi connectivity index (χ3v) is 4.22. The number of carbonyl (C=O) groups excluding carboxylic acids is 1. The summed E-state index contributed by atoms with van der Waals surface area (Å²) in [4.78, 5) is 16.0. The molecule has 1 saturated heterocycles. The van der Waals surface area contributed by atoms with Gasteiger partial charge < -0.3 is 4.90 Å². The van der Waals surface area contributed by atoms with Crippen molar-refractivity contribution in [3.63, 3.8) is 0 Å². The van der Waals surface area contributed by atoms with Gasteiger partial charge in [0.15, 0.2) is 5.82 Å². The van der Waals surface area contributed by atoms with E-state index < -0.39 is 0 Å². The standard InChI is InChI=1S/C16H19ClN6O/c1-2-3-16(24)22-10-8-21(9-11-22)12-15-18-19-20-23(15)14-6-4-13(17)5-7-14/h2-7H,8-12H2,1H3/b3-2+. The Balaban J connectivity index is 1.63. The highest BCUT2D eigenvalue weighted by Gasteiger charge is 2.21. The van der Waals surface area contributed by atoms with Gasteiger partial charge in [-0.05, 0) is 47.7 Å². The number of allylic oxidation sites excluding steroid dienone is 1. The van der Waals surface area contributed by atoms with Crippen molar-refractivity contribution in [3.8, 4) is 5.69 Å². The fraction of sp³-hybridized carbons (Fsp3) is 0.375. The van der Waals surface area contributed by atoms with E-state index in [4.69, 9.17) is 11.6 Å². The molecule has 1 fully saturated rings. The minimum Gasteiger partial charge on any atom is -0.337 e. The third kappa shape index (κ3) is 3.80. The second-order valence-corrected chi connectivity index (χ2v) is 6.02. The maximum atomic E-state index is 11.9. The molecule has 0 unspecified atom stereocenters. The van der Waals surface area contributed by atoms with Crippen LogP contribution in [0.3, 0.4) is 0 Å². The second kappa shape index (κ2) is 7.55. The maximum absolute atomic E-state index is 11.9. The fourth-order valence-electron chi connectivity index (χ4n) is 2.66. The lowest BCUT2D eigenvalue weighted by molar-refractivity contribution is -0.127. The summed E-state index contributed by atoms with van der Waals surface area (Å²) in [6.07, 6.45) is 3.38. The molecule has 0 atom stereocenters. The number of rotatable bonds is 4. The molecule has 2 aromatic rings. The molecule has 1 amide bonds. The number of aromatic nitrogens is 4. The van der Waals surface area contributed by atoms with E-state index in [0.29, 0.717) is 24.7 Å².